The summed E-state index contributed by atoms with van der Waals surface area (Å²) in [5.74, 6) is -0.506. The third-order valence-corrected chi connectivity index (χ3v) is 6.46. The van der Waals surface area contributed by atoms with Crippen LogP contribution in [-0.2, 0) is 16.6 Å². The molecule has 9 heteroatoms. The summed E-state index contributed by atoms with van der Waals surface area (Å²) in [6.07, 6.45) is 3.69. The summed E-state index contributed by atoms with van der Waals surface area (Å²) >= 11 is 1.31. The van der Waals surface area contributed by atoms with Crippen molar-refractivity contribution in [2.45, 2.75) is 19.9 Å². The average molecular weight is 452 g/mol. The molecule has 0 saturated carbocycles. The molecule has 1 aliphatic rings. The second-order valence-electron chi connectivity index (χ2n) is 7.90. The monoisotopic (exact) mass is 451 g/mol. The number of hydrogen-bond donors (Lipinski definition) is 0. The Bertz CT molecular complexity index is 1410. The van der Waals surface area contributed by atoms with Gasteiger partial charge >= 0.3 is 5.97 Å². The van der Waals surface area contributed by atoms with Crippen molar-refractivity contribution >= 4 is 29.1 Å². The third kappa shape index (κ3) is 3.69. The highest BCUT2D eigenvalue weighted by atomic mass is 32.1. The smallest absolute Gasteiger partial charge is 0.338 e. The van der Waals surface area contributed by atoms with Gasteiger partial charge < -0.3 is 9.64 Å². The number of esters is 1. The summed E-state index contributed by atoms with van der Waals surface area (Å²) in [6, 6.07) is 7.31. The van der Waals surface area contributed by atoms with Crippen LogP contribution in [0.5, 0.6) is 0 Å². The Hall–Kier alpha value is -3.46. The van der Waals surface area contributed by atoms with Crippen molar-refractivity contribution in [3.8, 4) is 0 Å². The van der Waals surface area contributed by atoms with Gasteiger partial charge in [-0.1, -0.05) is 23.5 Å². The van der Waals surface area contributed by atoms with Crippen LogP contribution in [-0.4, -0.2) is 41.5 Å². The fourth-order valence-electron chi connectivity index (χ4n) is 3.89. The van der Waals surface area contributed by atoms with Crippen molar-refractivity contribution in [2.75, 3.05) is 26.1 Å². The molecule has 0 spiro atoms. The van der Waals surface area contributed by atoms with E-state index < -0.39 is 12.0 Å². The molecule has 1 atom stereocenters. The number of ether oxygens (including phenoxy) is 1. The molecule has 0 fully saturated rings. The molecule has 1 aromatic carbocycles. The molecule has 0 unspecified atom stereocenters. The summed E-state index contributed by atoms with van der Waals surface area (Å²) in [4.78, 5) is 33.4. The second kappa shape index (κ2) is 8.23. The Morgan fingerprint density at radius 2 is 1.91 bits per heavy atom. The van der Waals surface area contributed by atoms with Crippen LogP contribution >= 0.6 is 11.3 Å². The summed E-state index contributed by atoms with van der Waals surface area (Å²) < 4.78 is 8.84. The van der Waals surface area contributed by atoms with Crippen LogP contribution in [0.15, 0.2) is 51.5 Å². The maximum Gasteiger partial charge on any atom is 0.338 e. The standard InChI is InChI=1S/C23H25N5O3S/c1-13-17(12-27(5)25-13)20-19(22(30)31-6)14(2)24-23-28(20)21(29)18(32-23)11-15-7-9-16(10-8-15)26(3)4/h7-12,20H,1-6H3/b18-11+/t20-/m0/s1. The van der Waals surface area contributed by atoms with E-state index in [4.69, 9.17) is 4.74 Å². The number of allylic oxidation sites excluding steroid dienone is 1. The lowest BCUT2D eigenvalue weighted by molar-refractivity contribution is -0.136. The van der Waals surface area contributed by atoms with Crippen LogP contribution in [0.2, 0.25) is 0 Å². The number of hydrogen-bond acceptors (Lipinski definition) is 7. The van der Waals surface area contributed by atoms with E-state index in [0.717, 1.165) is 22.5 Å². The first kappa shape index (κ1) is 21.8. The van der Waals surface area contributed by atoms with Gasteiger partial charge in [0.25, 0.3) is 5.56 Å². The predicted octanol–water partition coefficient (Wildman–Crippen LogP) is 1.52. The van der Waals surface area contributed by atoms with E-state index in [-0.39, 0.29) is 5.56 Å². The van der Waals surface area contributed by atoms with Gasteiger partial charge in [-0.25, -0.2) is 9.79 Å². The van der Waals surface area contributed by atoms with Crippen molar-refractivity contribution in [2.24, 2.45) is 12.0 Å². The Morgan fingerprint density at radius 3 is 2.47 bits per heavy atom. The van der Waals surface area contributed by atoms with E-state index >= 15 is 0 Å². The molecular formula is C23H25N5O3S. The van der Waals surface area contributed by atoms with Crippen LogP contribution in [0, 0.1) is 6.92 Å². The number of thiazole rings is 1. The summed E-state index contributed by atoms with van der Waals surface area (Å²) in [6.45, 7) is 3.63. The van der Waals surface area contributed by atoms with Crippen LogP contribution in [0.3, 0.4) is 0 Å². The van der Waals surface area contributed by atoms with E-state index in [9.17, 15) is 9.59 Å². The minimum atomic E-state index is -0.648. The molecule has 0 aliphatic carbocycles. The molecule has 8 nitrogen and oxygen atoms in total. The average Bonchev–Trinajstić information content (AvgIpc) is 3.24. The number of carbonyl (C=O) groups is 1. The first-order chi connectivity index (χ1) is 15.2. The van der Waals surface area contributed by atoms with Crippen molar-refractivity contribution < 1.29 is 9.53 Å². The molecule has 3 aromatic rings. The highest BCUT2D eigenvalue weighted by molar-refractivity contribution is 7.07. The number of nitrogens with zero attached hydrogens (tertiary/aromatic N) is 5. The molecule has 0 radical (unpaired) electrons. The van der Waals surface area contributed by atoms with Crippen molar-refractivity contribution in [3.63, 3.8) is 0 Å². The van der Waals surface area contributed by atoms with Crippen LogP contribution in [0.25, 0.3) is 6.08 Å². The number of rotatable bonds is 4. The van der Waals surface area contributed by atoms with Gasteiger partial charge in [0.05, 0.1) is 28.6 Å². The number of anilines is 1. The highest BCUT2D eigenvalue weighted by Crippen LogP contribution is 2.31. The first-order valence-electron chi connectivity index (χ1n) is 10.1. The fourth-order valence-corrected chi connectivity index (χ4v) is 4.94. The van der Waals surface area contributed by atoms with Crippen LogP contribution < -0.4 is 19.8 Å². The molecule has 0 bridgehead atoms. The molecule has 0 N–H and O–H groups in total. The number of benzene rings is 1. The van der Waals surface area contributed by atoms with E-state index in [0.29, 0.717) is 20.6 Å². The van der Waals surface area contributed by atoms with E-state index in [1.165, 1.54) is 18.4 Å². The number of carbonyl (C=O) groups excluding carboxylic acids is 1. The zero-order chi connectivity index (χ0) is 23.2. The molecule has 4 rings (SSSR count). The molecule has 0 amide bonds. The van der Waals surface area contributed by atoms with Gasteiger partial charge in [0.2, 0.25) is 0 Å². The lowest BCUT2D eigenvalue weighted by Crippen LogP contribution is -2.40. The van der Waals surface area contributed by atoms with Crippen molar-refractivity contribution in [1.82, 2.24) is 14.3 Å². The zero-order valence-electron chi connectivity index (χ0n) is 18.9. The van der Waals surface area contributed by atoms with Gasteiger partial charge in [0.1, 0.15) is 6.04 Å². The van der Waals surface area contributed by atoms with Crippen molar-refractivity contribution in [3.05, 3.63) is 78.2 Å². The maximum atomic E-state index is 13.5. The third-order valence-electron chi connectivity index (χ3n) is 5.48. The van der Waals surface area contributed by atoms with Crippen LogP contribution in [0.4, 0.5) is 5.69 Å². The highest BCUT2D eigenvalue weighted by Gasteiger charge is 2.34. The molecule has 0 saturated heterocycles. The van der Waals surface area contributed by atoms with Crippen molar-refractivity contribution in [1.29, 1.82) is 0 Å². The van der Waals surface area contributed by atoms with Gasteiger partial charge in [-0.3, -0.25) is 14.0 Å². The molecule has 2 aromatic heterocycles. The Morgan fingerprint density at radius 1 is 1.22 bits per heavy atom. The number of fused-ring (bicyclic) bond motifs is 1. The van der Waals surface area contributed by atoms with E-state index in [2.05, 4.69) is 10.1 Å². The summed E-state index contributed by atoms with van der Waals surface area (Å²) in [5, 5.41) is 4.42. The maximum absolute atomic E-state index is 13.5. The van der Waals surface area contributed by atoms with Gasteiger partial charge in [-0.15, -0.1) is 0 Å². The lowest BCUT2D eigenvalue weighted by atomic mass is 9.96. The van der Waals surface area contributed by atoms with Gasteiger partial charge in [0.15, 0.2) is 4.80 Å². The quantitative estimate of drug-likeness (QED) is 0.562. The SMILES string of the molecule is COC(=O)C1=C(C)N=c2s/c(=C/c3ccc(N(C)C)cc3)c(=O)n2[C@H]1c1cn(C)nc1C. The molecule has 3 heterocycles. The largest absolute Gasteiger partial charge is 0.466 e. The Kier molecular flexibility index (Phi) is 5.60. The lowest BCUT2D eigenvalue weighted by Gasteiger charge is -2.23. The molecule has 166 valence electrons. The van der Waals surface area contributed by atoms with E-state index in [1.54, 1.807) is 16.2 Å². The van der Waals surface area contributed by atoms with Gasteiger partial charge in [-0.05, 0) is 37.6 Å². The van der Waals surface area contributed by atoms with Gasteiger partial charge in [-0.2, -0.15) is 5.10 Å². The number of aryl methyl sites for hydroxylation is 2. The minimum absolute atomic E-state index is 0.201. The number of aromatic nitrogens is 3. The minimum Gasteiger partial charge on any atom is -0.466 e. The first-order valence-corrected chi connectivity index (χ1v) is 10.9. The molecule has 32 heavy (non-hydrogen) atoms. The zero-order valence-corrected chi connectivity index (χ0v) is 19.7. The Balaban J connectivity index is 1.93. The van der Waals surface area contributed by atoms with Crippen LogP contribution in [0.1, 0.15) is 29.8 Å². The van der Waals surface area contributed by atoms with Gasteiger partial charge in [0, 0.05) is 38.6 Å². The normalized spacial score (nSPS) is 16.1. The number of methoxy groups -OCH3 is 1. The topological polar surface area (TPSA) is 81.7 Å². The second-order valence-corrected chi connectivity index (χ2v) is 8.91. The fraction of sp³-hybridized carbons (Fsp3) is 0.304. The summed E-state index contributed by atoms with van der Waals surface area (Å²) in [5.41, 5.74) is 4.18. The Labute approximate surface area is 189 Å². The summed E-state index contributed by atoms with van der Waals surface area (Å²) in [7, 11) is 7.10. The van der Waals surface area contributed by atoms with E-state index in [1.807, 2.05) is 69.5 Å². The molecular weight excluding hydrogens is 426 g/mol. The predicted molar refractivity (Wildman–Crippen MR) is 124 cm³/mol. The molecule has 1 aliphatic heterocycles.